The lowest BCUT2D eigenvalue weighted by Crippen LogP contribution is -2.35. The first kappa shape index (κ1) is 22.8. The molecule has 11 heteroatoms. The third kappa shape index (κ3) is 4.41. The Morgan fingerprint density at radius 2 is 2.06 bits per heavy atom. The van der Waals surface area contributed by atoms with Crippen molar-refractivity contribution in [3.8, 4) is 10.6 Å². The number of rotatable bonds is 7. The van der Waals surface area contributed by atoms with Gasteiger partial charge in [-0.05, 0) is 44.2 Å². The summed E-state index contributed by atoms with van der Waals surface area (Å²) in [6, 6.07) is 2.03. The smallest absolute Gasteiger partial charge is 0.256 e. The van der Waals surface area contributed by atoms with Gasteiger partial charge in [0.15, 0.2) is 5.13 Å². The summed E-state index contributed by atoms with van der Waals surface area (Å²) in [5.41, 5.74) is 3.12. The number of aryl methyl sites for hydroxylation is 1. The average molecular weight is 478 g/mol. The number of fused-ring (bicyclic) bond motifs is 1. The number of aromatic nitrogens is 2. The first-order valence-corrected chi connectivity index (χ1v) is 13.1. The van der Waals surface area contributed by atoms with Crippen LogP contribution in [0.5, 0.6) is 0 Å². The van der Waals surface area contributed by atoms with Crippen molar-refractivity contribution in [2.24, 2.45) is 5.92 Å². The number of sulfonamides is 1. The molecule has 9 nitrogen and oxygen atoms in total. The standard InChI is InChI=1S/C21H27N5O4S2/c1-11-19(31-21(22-11)23-13(3)27)16-8-15-9-26(12(2)14-6-7-14)20(28)18(15)17(24-16)10-25(4)32(5,29)30/h8,12,14H,6-7,9-10H2,1-5H3,(H,22,23,27). The molecular weight excluding hydrogens is 450 g/mol. The highest BCUT2D eigenvalue weighted by atomic mass is 32.2. The molecule has 1 N–H and O–H groups in total. The van der Waals surface area contributed by atoms with E-state index in [1.54, 1.807) is 0 Å². The normalized spacial score (nSPS) is 17.1. The molecule has 1 atom stereocenters. The van der Waals surface area contributed by atoms with E-state index in [0.717, 1.165) is 29.5 Å². The maximum atomic E-state index is 13.3. The zero-order chi connectivity index (χ0) is 23.4. The van der Waals surface area contributed by atoms with Crippen molar-refractivity contribution in [2.45, 2.75) is 52.7 Å². The maximum absolute atomic E-state index is 13.3. The van der Waals surface area contributed by atoms with Crippen LogP contribution in [0.15, 0.2) is 6.07 Å². The molecule has 1 aliphatic heterocycles. The summed E-state index contributed by atoms with van der Waals surface area (Å²) in [6.45, 7) is 5.81. The first-order chi connectivity index (χ1) is 15.0. The Hall–Kier alpha value is -2.37. The van der Waals surface area contributed by atoms with Crippen LogP contribution in [0.3, 0.4) is 0 Å². The van der Waals surface area contributed by atoms with Gasteiger partial charge in [0.1, 0.15) is 0 Å². The molecule has 2 aliphatic rings. The van der Waals surface area contributed by atoms with Crippen LogP contribution < -0.4 is 5.32 Å². The molecule has 1 unspecified atom stereocenters. The number of carbonyl (C=O) groups is 2. The SMILES string of the molecule is CC(=O)Nc1nc(C)c(-c2cc3c(c(CN(C)S(C)(=O)=O)n2)C(=O)N(C(C)C2CC2)C3)s1. The van der Waals surface area contributed by atoms with Gasteiger partial charge in [0.25, 0.3) is 5.91 Å². The predicted molar refractivity (Wildman–Crippen MR) is 123 cm³/mol. The van der Waals surface area contributed by atoms with Crippen molar-refractivity contribution < 1.29 is 18.0 Å². The van der Waals surface area contributed by atoms with Crippen LogP contribution in [-0.2, 0) is 27.9 Å². The molecule has 1 fully saturated rings. The minimum atomic E-state index is -3.45. The highest BCUT2D eigenvalue weighted by Gasteiger charge is 2.40. The Bertz CT molecular complexity index is 1200. The fourth-order valence-electron chi connectivity index (χ4n) is 4.00. The zero-order valence-electron chi connectivity index (χ0n) is 18.8. The number of hydrogen-bond donors (Lipinski definition) is 1. The minimum absolute atomic E-state index is 0.00278. The van der Waals surface area contributed by atoms with E-state index in [9.17, 15) is 18.0 Å². The lowest BCUT2D eigenvalue weighted by atomic mass is 10.1. The Balaban J connectivity index is 1.78. The molecule has 0 radical (unpaired) electrons. The van der Waals surface area contributed by atoms with E-state index in [1.807, 2.05) is 17.9 Å². The van der Waals surface area contributed by atoms with Crippen molar-refractivity contribution >= 4 is 38.3 Å². The molecule has 0 bridgehead atoms. The summed E-state index contributed by atoms with van der Waals surface area (Å²) in [5.74, 6) is 0.222. The number of pyridine rings is 1. The van der Waals surface area contributed by atoms with Crippen molar-refractivity contribution in [3.63, 3.8) is 0 Å². The molecule has 3 heterocycles. The van der Waals surface area contributed by atoms with E-state index in [0.29, 0.717) is 40.2 Å². The summed E-state index contributed by atoms with van der Waals surface area (Å²) in [5, 5.41) is 3.17. The van der Waals surface area contributed by atoms with Crippen LogP contribution in [0.1, 0.15) is 54.0 Å². The summed E-state index contributed by atoms with van der Waals surface area (Å²) in [7, 11) is -1.97. The molecule has 0 aromatic carbocycles. The van der Waals surface area contributed by atoms with E-state index in [2.05, 4.69) is 17.2 Å². The van der Waals surface area contributed by atoms with Gasteiger partial charge in [-0.2, -0.15) is 4.31 Å². The molecule has 4 rings (SSSR count). The zero-order valence-corrected chi connectivity index (χ0v) is 20.4. The van der Waals surface area contributed by atoms with Gasteiger partial charge in [0.2, 0.25) is 15.9 Å². The van der Waals surface area contributed by atoms with Gasteiger partial charge in [0, 0.05) is 26.6 Å². The second-order valence-electron chi connectivity index (χ2n) is 8.63. The average Bonchev–Trinajstić information content (AvgIpc) is 3.39. The maximum Gasteiger partial charge on any atom is 0.256 e. The van der Waals surface area contributed by atoms with Crippen LogP contribution in [-0.4, -0.2) is 58.8 Å². The number of amides is 2. The summed E-state index contributed by atoms with van der Waals surface area (Å²) >= 11 is 1.31. The Labute approximate surface area is 191 Å². The number of thiazole rings is 1. The monoisotopic (exact) mass is 477 g/mol. The molecule has 1 saturated carbocycles. The van der Waals surface area contributed by atoms with Crippen LogP contribution in [0.25, 0.3) is 10.6 Å². The van der Waals surface area contributed by atoms with Crippen molar-refractivity contribution in [3.05, 3.63) is 28.6 Å². The number of nitrogens with zero attached hydrogens (tertiary/aromatic N) is 4. The lowest BCUT2D eigenvalue weighted by Gasteiger charge is -2.24. The van der Waals surface area contributed by atoms with Gasteiger partial charge in [-0.25, -0.2) is 18.4 Å². The largest absolute Gasteiger partial charge is 0.331 e. The van der Waals surface area contributed by atoms with Crippen LogP contribution >= 0.6 is 11.3 Å². The lowest BCUT2D eigenvalue weighted by molar-refractivity contribution is -0.114. The van der Waals surface area contributed by atoms with Crippen LogP contribution in [0, 0.1) is 12.8 Å². The predicted octanol–water partition coefficient (Wildman–Crippen LogP) is 2.62. The number of anilines is 1. The fourth-order valence-corrected chi connectivity index (χ4v) is 5.33. The number of hydrogen-bond acceptors (Lipinski definition) is 7. The van der Waals surface area contributed by atoms with Gasteiger partial charge in [-0.15, -0.1) is 0 Å². The molecule has 2 amide bonds. The van der Waals surface area contributed by atoms with Crippen molar-refractivity contribution in [1.82, 2.24) is 19.2 Å². The third-order valence-corrected chi connectivity index (χ3v) is 8.39. The Morgan fingerprint density at radius 1 is 1.38 bits per heavy atom. The highest BCUT2D eigenvalue weighted by Crippen LogP contribution is 2.40. The Morgan fingerprint density at radius 3 is 2.66 bits per heavy atom. The number of carbonyl (C=O) groups excluding carboxylic acids is 2. The molecular formula is C21H27N5O4S2. The second kappa shape index (κ2) is 8.20. The van der Waals surface area contributed by atoms with E-state index >= 15 is 0 Å². The number of nitrogens with one attached hydrogen (secondary N) is 1. The molecule has 2 aromatic heterocycles. The van der Waals surface area contributed by atoms with Gasteiger partial charge >= 0.3 is 0 Å². The van der Waals surface area contributed by atoms with Crippen LogP contribution in [0.2, 0.25) is 0 Å². The van der Waals surface area contributed by atoms with Crippen molar-refractivity contribution in [1.29, 1.82) is 0 Å². The quantitative estimate of drug-likeness (QED) is 0.656. The summed E-state index contributed by atoms with van der Waals surface area (Å²) in [6.07, 6.45) is 3.38. The first-order valence-electron chi connectivity index (χ1n) is 10.5. The van der Waals surface area contributed by atoms with E-state index in [1.165, 1.54) is 29.6 Å². The molecule has 1 aliphatic carbocycles. The van der Waals surface area contributed by atoms with Crippen LogP contribution in [0.4, 0.5) is 5.13 Å². The minimum Gasteiger partial charge on any atom is -0.331 e. The van der Waals surface area contributed by atoms with E-state index < -0.39 is 10.0 Å². The summed E-state index contributed by atoms with van der Waals surface area (Å²) < 4.78 is 25.3. The Kier molecular flexibility index (Phi) is 5.84. The molecule has 2 aromatic rings. The molecule has 32 heavy (non-hydrogen) atoms. The van der Waals surface area contributed by atoms with Gasteiger partial charge in [-0.1, -0.05) is 11.3 Å². The second-order valence-corrected chi connectivity index (χ2v) is 11.7. The van der Waals surface area contributed by atoms with Crippen molar-refractivity contribution in [2.75, 3.05) is 18.6 Å². The third-order valence-electron chi connectivity index (χ3n) is 6.04. The molecule has 0 saturated heterocycles. The van der Waals surface area contributed by atoms with E-state index in [-0.39, 0.29) is 24.4 Å². The van der Waals surface area contributed by atoms with E-state index in [4.69, 9.17) is 4.98 Å². The van der Waals surface area contributed by atoms with Gasteiger partial charge in [0.05, 0.1) is 40.3 Å². The summed E-state index contributed by atoms with van der Waals surface area (Å²) in [4.78, 5) is 36.5. The topological polar surface area (TPSA) is 113 Å². The molecule has 172 valence electrons. The van der Waals surface area contributed by atoms with Gasteiger partial charge < -0.3 is 10.2 Å². The van der Waals surface area contributed by atoms with Gasteiger partial charge in [-0.3, -0.25) is 9.59 Å². The fraction of sp³-hybridized carbons (Fsp3) is 0.524. The molecule has 0 spiro atoms. The highest BCUT2D eigenvalue weighted by molar-refractivity contribution is 7.88.